The van der Waals surface area contributed by atoms with E-state index in [1.165, 1.54) is 0 Å². The van der Waals surface area contributed by atoms with Gasteiger partial charge in [0.25, 0.3) is 5.91 Å². The number of nitrogens with one attached hydrogen (secondary N) is 3. The van der Waals surface area contributed by atoms with Crippen LogP contribution in [0.4, 0.5) is 11.4 Å². The van der Waals surface area contributed by atoms with Gasteiger partial charge >= 0.3 is 0 Å². The van der Waals surface area contributed by atoms with Crippen molar-refractivity contribution in [1.29, 1.82) is 0 Å². The molecule has 0 fully saturated rings. The Hall–Kier alpha value is -4.23. The number of hydrogen-bond acceptors (Lipinski definition) is 4. The maximum atomic E-state index is 12.5. The SMILES string of the molecule is O=C(Cc1cccc2ccccc12)NC(=S)Nc1cccc(NC(=O)COc2ccccc2)c1. The van der Waals surface area contributed by atoms with Crippen molar-refractivity contribution < 1.29 is 14.3 Å². The van der Waals surface area contributed by atoms with Crippen LogP contribution in [0.3, 0.4) is 0 Å². The zero-order valence-corrected chi connectivity index (χ0v) is 19.1. The molecular weight excluding hydrogens is 446 g/mol. The molecule has 0 radical (unpaired) electrons. The molecule has 0 heterocycles. The van der Waals surface area contributed by atoms with E-state index < -0.39 is 0 Å². The van der Waals surface area contributed by atoms with Crippen LogP contribution in [0.2, 0.25) is 0 Å². The number of hydrogen-bond donors (Lipinski definition) is 3. The number of carbonyl (C=O) groups excluding carboxylic acids is 2. The molecule has 0 aliphatic carbocycles. The Balaban J connectivity index is 1.29. The second-order valence-electron chi connectivity index (χ2n) is 7.55. The number of thiocarbonyl (C=S) groups is 1. The lowest BCUT2D eigenvalue weighted by atomic mass is 10.0. The number of fused-ring (bicyclic) bond motifs is 1. The molecule has 34 heavy (non-hydrogen) atoms. The summed E-state index contributed by atoms with van der Waals surface area (Å²) in [6.45, 7) is -0.107. The second-order valence-corrected chi connectivity index (χ2v) is 7.96. The Kier molecular flexibility index (Phi) is 7.47. The molecule has 7 heteroatoms. The summed E-state index contributed by atoms with van der Waals surface area (Å²) >= 11 is 5.30. The van der Waals surface area contributed by atoms with Crippen LogP contribution >= 0.6 is 12.2 Å². The van der Waals surface area contributed by atoms with E-state index in [0.717, 1.165) is 16.3 Å². The number of para-hydroxylation sites is 1. The predicted molar refractivity (Wildman–Crippen MR) is 139 cm³/mol. The van der Waals surface area contributed by atoms with Gasteiger partial charge in [0.05, 0.1) is 6.42 Å². The molecule has 0 aromatic heterocycles. The van der Waals surface area contributed by atoms with Crippen molar-refractivity contribution >= 4 is 51.3 Å². The van der Waals surface area contributed by atoms with Crippen LogP contribution in [0.5, 0.6) is 5.75 Å². The average molecular weight is 470 g/mol. The first-order chi connectivity index (χ1) is 16.6. The Morgan fingerprint density at radius 2 is 1.41 bits per heavy atom. The minimum absolute atomic E-state index is 0.107. The summed E-state index contributed by atoms with van der Waals surface area (Å²) in [5.74, 6) is 0.126. The molecular formula is C27H23N3O3S. The molecule has 0 saturated carbocycles. The normalized spacial score (nSPS) is 10.4. The van der Waals surface area contributed by atoms with Crippen molar-refractivity contribution in [3.8, 4) is 5.75 Å². The maximum absolute atomic E-state index is 12.5. The van der Waals surface area contributed by atoms with Gasteiger partial charge in [0, 0.05) is 11.4 Å². The summed E-state index contributed by atoms with van der Waals surface area (Å²) in [6, 6.07) is 30.0. The number of amides is 2. The molecule has 4 aromatic rings. The van der Waals surface area contributed by atoms with E-state index in [1.807, 2.05) is 60.7 Å². The van der Waals surface area contributed by atoms with Gasteiger partial charge in [-0.1, -0.05) is 66.7 Å². The van der Waals surface area contributed by atoms with Crippen LogP contribution in [0.25, 0.3) is 10.8 Å². The molecule has 2 amide bonds. The van der Waals surface area contributed by atoms with Crippen LogP contribution in [-0.2, 0) is 16.0 Å². The van der Waals surface area contributed by atoms with Crippen LogP contribution < -0.4 is 20.7 Å². The van der Waals surface area contributed by atoms with E-state index in [0.29, 0.717) is 17.1 Å². The van der Waals surface area contributed by atoms with Crippen molar-refractivity contribution in [2.24, 2.45) is 0 Å². The minimum Gasteiger partial charge on any atom is -0.484 e. The van der Waals surface area contributed by atoms with Crippen LogP contribution in [0.15, 0.2) is 97.1 Å². The summed E-state index contributed by atoms with van der Waals surface area (Å²) in [5, 5.41) is 10.8. The van der Waals surface area contributed by atoms with Crippen molar-refractivity contribution in [2.75, 3.05) is 17.2 Å². The monoisotopic (exact) mass is 469 g/mol. The summed E-state index contributed by atoms with van der Waals surface area (Å²) in [7, 11) is 0. The maximum Gasteiger partial charge on any atom is 0.262 e. The van der Waals surface area contributed by atoms with E-state index in [1.54, 1.807) is 36.4 Å². The molecule has 0 aliphatic rings. The topological polar surface area (TPSA) is 79.5 Å². The van der Waals surface area contributed by atoms with Gasteiger partial charge in [-0.05, 0) is 58.9 Å². The molecule has 170 valence electrons. The van der Waals surface area contributed by atoms with Crippen LogP contribution in [0, 0.1) is 0 Å². The fraction of sp³-hybridized carbons (Fsp3) is 0.0741. The van der Waals surface area contributed by atoms with Gasteiger partial charge < -0.3 is 20.7 Å². The molecule has 0 unspecified atom stereocenters. The molecule has 0 aliphatic heterocycles. The summed E-state index contributed by atoms with van der Waals surface area (Å²) in [6.07, 6.45) is 0.209. The van der Waals surface area contributed by atoms with E-state index >= 15 is 0 Å². The third-order valence-electron chi connectivity index (χ3n) is 5.00. The van der Waals surface area contributed by atoms with Gasteiger partial charge in [-0.15, -0.1) is 0 Å². The molecule has 0 saturated heterocycles. The van der Waals surface area contributed by atoms with Crippen molar-refractivity contribution in [1.82, 2.24) is 5.32 Å². The van der Waals surface area contributed by atoms with Gasteiger partial charge in [-0.3, -0.25) is 9.59 Å². The largest absolute Gasteiger partial charge is 0.484 e. The lowest BCUT2D eigenvalue weighted by molar-refractivity contribution is -0.119. The Bertz CT molecular complexity index is 1320. The zero-order valence-electron chi connectivity index (χ0n) is 18.3. The molecule has 0 spiro atoms. The number of ether oxygens (including phenoxy) is 1. The summed E-state index contributed by atoms with van der Waals surface area (Å²) < 4.78 is 5.46. The highest BCUT2D eigenvalue weighted by Crippen LogP contribution is 2.19. The number of carbonyl (C=O) groups is 2. The molecule has 3 N–H and O–H groups in total. The third kappa shape index (κ3) is 6.40. The summed E-state index contributed by atoms with van der Waals surface area (Å²) in [5.41, 5.74) is 2.15. The fourth-order valence-electron chi connectivity index (χ4n) is 3.49. The molecule has 4 aromatic carbocycles. The van der Waals surface area contributed by atoms with E-state index in [4.69, 9.17) is 17.0 Å². The summed E-state index contributed by atoms with van der Waals surface area (Å²) in [4.78, 5) is 24.7. The first-order valence-corrected chi connectivity index (χ1v) is 11.1. The third-order valence-corrected chi connectivity index (χ3v) is 5.21. The van der Waals surface area contributed by atoms with Gasteiger partial charge in [-0.25, -0.2) is 0 Å². The van der Waals surface area contributed by atoms with Crippen molar-refractivity contribution in [2.45, 2.75) is 6.42 Å². The Morgan fingerprint density at radius 3 is 2.24 bits per heavy atom. The Morgan fingerprint density at radius 1 is 0.735 bits per heavy atom. The zero-order chi connectivity index (χ0) is 23.8. The number of anilines is 2. The highest BCUT2D eigenvalue weighted by atomic mass is 32.1. The van der Waals surface area contributed by atoms with Crippen molar-refractivity contribution in [3.05, 3.63) is 103 Å². The van der Waals surface area contributed by atoms with Gasteiger partial charge in [-0.2, -0.15) is 0 Å². The highest BCUT2D eigenvalue weighted by Gasteiger charge is 2.10. The lowest BCUT2D eigenvalue weighted by Gasteiger charge is -2.12. The molecule has 6 nitrogen and oxygen atoms in total. The Labute approximate surface area is 202 Å². The fourth-order valence-corrected chi connectivity index (χ4v) is 3.72. The first kappa shape index (κ1) is 22.9. The van der Waals surface area contributed by atoms with Crippen LogP contribution in [0.1, 0.15) is 5.56 Å². The van der Waals surface area contributed by atoms with E-state index in [-0.39, 0.29) is 30.0 Å². The lowest BCUT2D eigenvalue weighted by Crippen LogP contribution is -2.35. The van der Waals surface area contributed by atoms with E-state index in [2.05, 4.69) is 16.0 Å². The number of benzene rings is 4. The van der Waals surface area contributed by atoms with Gasteiger partial charge in [0.1, 0.15) is 5.75 Å². The standard InChI is InChI=1S/C27H23N3O3S/c31-25(16-20-10-6-9-19-8-4-5-15-24(19)20)30-27(34)29-22-12-7-11-21(17-22)28-26(32)18-33-23-13-2-1-3-14-23/h1-15,17H,16,18H2,(H,28,32)(H2,29,30,31,34). The number of rotatable bonds is 7. The highest BCUT2D eigenvalue weighted by molar-refractivity contribution is 7.80. The van der Waals surface area contributed by atoms with Crippen LogP contribution in [-0.4, -0.2) is 23.5 Å². The predicted octanol–water partition coefficient (Wildman–Crippen LogP) is 4.91. The van der Waals surface area contributed by atoms with Gasteiger partial charge in [0.15, 0.2) is 11.7 Å². The average Bonchev–Trinajstić information content (AvgIpc) is 2.84. The smallest absolute Gasteiger partial charge is 0.262 e. The molecule has 4 rings (SSSR count). The minimum atomic E-state index is -0.285. The molecule has 0 atom stereocenters. The van der Waals surface area contributed by atoms with E-state index in [9.17, 15) is 9.59 Å². The van der Waals surface area contributed by atoms with Crippen molar-refractivity contribution in [3.63, 3.8) is 0 Å². The second kappa shape index (κ2) is 11.1. The first-order valence-electron chi connectivity index (χ1n) is 10.7. The quantitative estimate of drug-likeness (QED) is 0.335. The molecule has 0 bridgehead atoms. The van der Waals surface area contributed by atoms with Gasteiger partial charge in [0.2, 0.25) is 5.91 Å².